The fourth-order valence-electron chi connectivity index (χ4n) is 3.51. The molecule has 5 nitrogen and oxygen atoms in total. The first kappa shape index (κ1) is 21.2. The second-order valence-electron chi connectivity index (χ2n) is 6.78. The Hall–Kier alpha value is -1.09. The van der Waals surface area contributed by atoms with E-state index in [-0.39, 0.29) is 29.8 Å². The van der Waals surface area contributed by atoms with Crippen molar-refractivity contribution in [2.45, 2.75) is 25.8 Å². The minimum Gasteiger partial charge on any atom is -0.368 e. The van der Waals surface area contributed by atoms with Crippen molar-refractivity contribution >= 4 is 35.6 Å². The van der Waals surface area contributed by atoms with E-state index in [0.717, 1.165) is 63.5 Å². The molecule has 0 unspecified atom stereocenters. The number of nitrogens with one attached hydrogen (secondary N) is 1. The summed E-state index contributed by atoms with van der Waals surface area (Å²) in [6.45, 7) is 9.09. The molecule has 1 N–H and O–H groups in total. The maximum atomic E-state index is 13.1. The summed E-state index contributed by atoms with van der Waals surface area (Å²) >= 11 is 0. The normalized spacial score (nSPS) is 18.1. The quantitative estimate of drug-likeness (QED) is 0.390. The van der Waals surface area contributed by atoms with Crippen LogP contribution in [0.5, 0.6) is 0 Å². The van der Waals surface area contributed by atoms with E-state index in [9.17, 15) is 4.39 Å². The fraction of sp³-hybridized carbons (Fsp3) is 0.632. The minimum atomic E-state index is -0.181. The van der Waals surface area contributed by atoms with Crippen LogP contribution in [-0.4, -0.2) is 74.7 Å². The summed E-state index contributed by atoms with van der Waals surface area (Å²) in [7, 11) is 1.85. The van der Waals surface area contributed by atoms with Crippen LogP contribution in [0.2, 0.25) is 0 Å². The van der Waals surface area contributed by atoms with E-state index < -0.39 is 0 Å². The van der Waals surface area contributed by atoms with Gasteiger partial charge < -0.3 is 15.1 Å². The van der Waals surface area contributed by atoms with Crippen molar-refractivity contribution < 1.29 is 4.39 Å². The molecule has 0 amide bonds. The van der Waals surface area contributed by atoms with Gasteiger partial charge in [0.15, 0.2) is 5.96 Å². The topological polar surface area (TPSA) is 34.1 Å². The summed E-state index contributed by atoms with van der Waals surface area (Å²) in [5, 5.41) is 3.51. The van der Waals surface area contributed by atoms with Crippen molar-refractivity contribution in [1.82, 2.24) is 15.1 Å². The molecule has 2 aliphatic rings. The molecule has 26 heavy (non-hydrogen) atoms. The number of rotatable bonds is 6. The molecule has 1 aliphatic heterocycles. The lowest BCUT2D eigenvalue weighted by Crippen LogP contribution is -2.53. The van der Waals surface area contributed by atoms with Gasteiger partial charge in [0.2, 0.25) is 0 Å². The minimum absolute atomic E-state index is 0. The van der Waals surface area contributed by atoms with Crippen LogP contribution in [0.25, 0.3) is 0 Å². The van der Waals surface area contributed by atoms with E-state index in [0.29, 0.717) is 0 Å². The van der Waals surface area contributed by atoms with Gasteiger partial charge in [0.1, 0.15) is 5.82 Å². The number of piperazine rings is 1. The number of aliphatic imine (C=N–C) groups is 1. The van der Waals surface area contributed by atoms with Crippen LogP contribution < -0.4 is 10.2 Å². The number of nitrogens with zero attached hydrogens (tertiary/aromatic N) is 4. The molecule has 1 aromatic carbocycles. The third-order valence-electron chi connectivity index (χ3n) is 5.13. The van der Waals surface area contributed by atoms with Crippen molar-refractivity contribution in [3.05, 3.63) is 30.1 Å². The highest BCUT2D eigenvalue weighted by Crippen LogP contribution is 2.25. The summed E-state index contributed by atoms with van der Waals surface area (Å²) in [4.78, 5) is 11.6. The lowest BCUT2D eigenvalue weighted by molar-refractivity contribution is 0.279. The number of guanidine groups is 1. The first-order chi connectivity index (χ1) is 12.2. The summed E-state index contributed by atoms with van der Waals surface area (Å²) < 4.78 is 13.1. The average Bonchev–Trinajstić information content (AvgIpc) is 3.48. The van der Waals surface area contributed by atoms with Crippen molar-refractivity contribution in [3.8, 4) is 0 Å². The van der Waals surface area contributed by atoms with Gasteiger partial charge >= 0.3 is 0 Å². The van der Waals surface area contributed by atoms with Gasteiger partial charge in [-0.3, -0.25) is 9.89 Å². The summed E-state index contributed by atoms with van der Waals surface area (Å²) in [6.07, 6.45) is 2.71. The van der Waals surface area contributed by atoms with Gasteiger partial charge in [0, 0.05) is 58.0 Å². The Bertz CT molecular complexity index is 568. The van der Waals surface area contributed by atoms with Crippen LogP contribution in [0.1, 0.15) is 19.8 Å². The standard InChI is InChI=1S/C19H30FN5.HI/c1-3-23(17-8-9-17)11-10-22-19(21-2)25-14-12-24(13-15-25)18-6-4-16(20)5-7-18;/h4-7,17H,3,8-15H2,1-2H3,(H,21,22);1H. The zero-order valence-corrected chi connectivity index (χ0v) is 18.2. The predicted molar refractivity (Wildman–Crippen MR) is 117 cm³/mol. The Morgan fingerprint density at radius 3 is 2.38 bits per heavy atom. The molecule has 0 spiro atoms. The third kappa shape index (κ3) is 5.70. The number of hydrogen-bond donors (Lipinski definition) is 1. The second kappa shape index (κ2) is 10.3. The molecule has 146 valence electrons. The monoisotopic (exact) mass is 475 g/mol. The first-order valence-corrected chi connectivity index (χ1v) is 9.41. The highest BCUT2D eigenvalue weighted by atomic mass is 127. The molecular weight excluding hydrogens is 444 g/mol. The number of halogens is 2. The molecule has 0 aromatic heterocycles. The largest absolute Gasteiger partial charge is 0.368 e. The molecule has 2 fully saturated rings. The van der Waals surface area contributed by atoms with Gasteiger partial charge in [-0.15, -0.1) is 24.0 Å². The van der Waals surface area contributed by atoms with E-state index in [2.05, 4.69) is 31.9 Å². The van der Waals surface area contributed by atoms with Crippen molar-refractivity contribution in [1.29, 1.82) is 0 Å². The molecule has 1 saturated heterocycles. The molecule has 0 bridgehead atoms. The SMILES string of the molecule is CCN(CCNC(=NC)N1CCN(c2ccc(F)cc2)CC1)C1CC1.I. The van der Waals surface area contributed by atoms with Gasteiger partial charge in [0.25, 0.3) is 0 Å². The van der Waals surface area contributed by atoms with Gasteiger partial charge in [-0.2, -0.15) is 0 Å². The first-order valence-electron chi connectivity index (χ1n) is 9.41. The smallest absolute Gasteiger partial charge is 0.193 e. The summed E-state index contributed by atoms with van der Waals surface area (Å²) in [5.74, 6) is 0.810. The summed E-state index contributed by atoms with van der Waals surface area (Å²) in [5.41, 5.74) is 1.09. The van der Waals surface area contributed by atoms with Crippen LogP contribution in [0, 0.1) is 5.82 Å². The van der Waals surface area contributed by atoms with Crippen molar-refractivity contribution in [3.63, 3.8) is 0 Å². The number of benzene rings is 1. The number of anilines is 1. The Morgan fingerprint density at radius 1 is 1.19 bits per heavy atom. The maximum absolute atomic E-state index is 13.1. The maximum Gasteiger partial charge on any atom is 0.193 e. The highest BCUT2D eigenvalue weighted by Gasteiger charge is 2.27. The van der Waals surface area contributed by atoms with Crippen LogP contribution >= 0.6 is 24.0 Å². The Kier molecular flexibility index (Phi) is 8.40. The van der Waals surface area contributed by atoms with Crippen LogP contribution in [0.15, 0.2) is 29.3 Å². The van der Waals surface area contributed by atoms with E-state index in [1.165, 1.54) is 25.0 Å². The lowest BCUT2D eigenvalue weighted by Gasteiger charge is -2.37. The van der Waals surface area contributed by atoms with E-state index in [4.69, 9.17) is 0 Å². The molecule has 1 aromatic rings. The molecule has 1 aliphatic carbocycles. The zero-order valence-electron chi connectivity index (χ0n) is 15.8. The third-order valence-corrected chi connectivity index (χ3v) is 5.13. The molecular formula is C19H31FIN5. The Labute approximate surface area is 173 Å². The Morgan fingerprint density at radius 2 is 1.85 bits per heavy atom. The predicted octanol–water partition coefficient (Wildman–Crippen LogP) is 2.63. The lowest BCUT2D eigenvalue weighted by atomic mass is 10.2. The van der Waals surface area contributed by atoms with E-state index in [1.807, 2.05) is 19.2 Å². The fourth-order valence-corrected chi connectivity index (χ4v) is 3.51. The van der Waals surface area contributed by atoms with Gasteiger partial charge in [-0.1, -0.05) is 6.92 Å². The number of likely N-dealkylation sites (N-methyl/N-ethyl adjacent to an activating group) is 1. The highest BCUT2D eigenvalue weighted by molar-refractivity contribution is 14.0. The van der Waals surface area contributed by atoms with Crippen molar-refractivity contribution in [2.75, 3.05) is 57.8 Å². The molecule has 0 atom stereocenters. The van der Waals surface area contributed by atoms with Gasteiger partial charge in [-0.25, -0.2) is 4.39 Å². The zero-order chi connectivity index (χ0) is 17.6. The second-order valence-corrected chi connectivity index (χ2v) is 6.78. The molecule has 7 heteroatoms. The van der Waals surface area contributed by atoms with E-state index in [1.54, 1.807) is 0 Å². The van der Waals surface area contributed by atoms with Crippen LogP contribution in [0.4, 0.5) is 10.1 Å². The Balaban J connectivity index is 0.00000243. The van der Waals surface area contributed by atoms with E-state index >= 15 is 0 Å². The molecule has 3 rings (SSSR count). The molecule has 1 saturated carbocycles. The molecule has 1 heterocycles. The van der Waals surface area contributed by atoms with Crippen molar-refractivity contribution in [2.24, 2.45) is 4.99 Å². The van der Waals surface area contributed by atoms with Gasteiger partial charge in [-0.05, 0) is 43.7 Å². The average molecular weight is 475 g/mol. The number of hydrogen-bond acceptors (Lipinski definition) is 3. The van der Waals surface area contributed by atoms with Crippen LogP contribution in [0.3, 0.4) is 0 Å². The molecule has 0 radical (unpaired) electrons. The van der Waals surface area contributed by atoms with Gasteiger partial charge in [0.05, 0.1) is 0 Å². The summed E-state index contributed by atoms with van der Waals surface area (Å²) in [6, 6.07) is 7.58. The van der Waals surface area contributed by atoms with Crippen LogP contribution in [-0.2, 0) is 0 Å².